The largest absolute Gasteiger partial charge is 0.357 e. The minimum Gasteiger partial charge on any atom is -0.357 e. The Morgan fingerprint density at radius 3 is 2.90 bits per heavy atom. The van der Waals surface area contributed by atoms with Crippen LogP contribution >= 0.6 is 23.1 Å². The van der Waals surface area contributed by atoms with Crippen LogP contribution in [-0.2, 0) is 13.5 Å². The van der Waals surface area contributed by atoms with Crippen molar-refractivity contribution in [3.8, 4) is 0 Å². The predicted molar refractivity (Wildman–Crippen MR) is 81.5 cm³/mol. The Hall–Kier alpha value is -1.67. The third kappa shape index (κ3) is 2.36. The smallest absolute Gasteiger partial charge is 0.224 e. The van der Waals surface area contributed by atoms with E-state index in [0.717, 1.165) is 26.8 Å². The Balaban J connectivity index is 2.12. The maximum atomic E-state index is 4.55. The van der Waals surface area contributed by atoms with E-state index in [1.807, 2.05) is 14.1 Å². The van der Waals surface area contributed by atoms with Gasteiger partial charge < -0.3 is 5.32 Å². The molecule has 0 aliphatic heterocycles. The number of anilines is 1. The number of rotatable bonds is 4. The Kier molecular flexibility index (Phi) is 3.58. The summed E-state index contributed by atoms with van der Waals surface area (Å²) in [6, 6.07) is 2.16. The molecule has 0 saturated carbocycles. The molecule has 0 aliphatic carbocycles. The second kappa shape index (κ2) is 5.37. The molecule has 3 aromatic rings. The summed E-state index contributed by atoms with van der Waals surface area (Å²) in [5.74, 6) is 0.631. The summed E-state index contributed by atoms with van der Waals surface area (Å²) >= 11 is 3.22. The minimum absolute atomic E-state index is 0.631. The highest BCUT2D eigenvalue weighted by molar-refractivity contribution is 7.99. The molecule has 0 fully saturated rings. The molecule has 0 radical (unpaired) electrons. The summed E-state index contributed by atoms with van der Waals surface area (Å²) in [6.45, 7) is 2.15. The molecular weight excluding hydrogens is 292 g/mol. The summed E-state index contributed by atoms with van der Waals surface area (Å²) in [5, 5.41) is 9.90. The molecule has 0 aromatic carbocycles. The highest BCUT2D eigenvalue weighted by Crippen LogP contribution is 2.35. The number of thiophene rings is 1. The standard InChI is InChI=1S/C12H14N6S2/c1-4-7-5-8-9(19-7)16-11(13-2)17-10(8)20-12-14-6-15-18(12)3/h5-6H,4H2,1-3H3,(H,13,16,17). The van der Waals surface area contributed by atoms with Gasteiger partial charge in [-0.05, 0) is 24.2 Å². The molecule has 8 heteroatoms. The Morgan fingerprint density at radius 2 is 2.25 bits per heavy atom. The topological polar surface area (TPSA) is 68.5 Å². The van der Waals surface area contributed by atoms with Crippen molar-refractivity contribution in [2.24, 2.45) is 7.05 Å². The van der Waals surface area contributed by atoms with Gasteiger partial charge in [0.1, 0.15) is 16.2 Å². The lowest BCUT2D eigenvalue weighted by atomic mass is 10.3. The molecule has 0 spiro atoms. The zero-order valence-corrected chi connectivity index (χ0v) is 13.0. The monoisotopic (exact) mass is 306 g/mol. The maximum absolute atomic E-state index is 4.55. The molecule has 0 atom stereocenters. The fourth-order valence-corrected chi connectivity index (χ4v) is 3.65. The highest BCUT2D eigenvalue weighted by atomic mass is 32.2. The van der Waals surface area contributed by atoms with E-state index in [1.54, 1.807) is 22.3 Å². The predicted octanol–water partition coefficient (Wildman–Crippen LogP) is 2.58. The van der Waals surface area contributed by atoms with Gasteiger partial charge >= 0.3 is 0 Å². The molecule has 0 unspecified atom stereocenters. The number of nitrogens with one attached hydrogen (secondary N) is 1. The van der Waals surface area contributed by atoms with Gasteiger partial charge in [0.25, 0.3) is 0 Å². The van der Waals surface area contributed by atoms with Gasteiger partial charge in [-0.15, -0.1) is 11.3 Å². The first kappa shape index (κ1) is 13.3. The van der Waals surface area contributed by atoms with Crippen LogP contribution in [0.5, 0.6) is 0 Å². The van der Waals surface area contributed by atoms with E-state index in [4.69, 9.17) is 0 Å². The fraction of sp³-hybridized carbons (Fsp3) is 0.333. The lowest BCUT2D eigenvalue weighted by Crippen LogP contribution is -1.98. The molecule has 0 saturated heterocycles. The molecular formula is C12H14N6S2. The normalized spacial score (nSPS) is 11.2. The number of hydrogen-bond donors (Lipinski definition) is 1. The van der Waals surface area contributed by atoms with Gasteiger partial charge in [0.15, 0.2) is 5.16 Å². The highest BCUT2D eigenvalue weighted by Gasteiger charge is 2.14. The number of aromatic nitrogens is 5. The van der Waals surface area contributed by atoms with Crippen LogP contribution in [0.15, 0.2) is 22.6 Å². The third-order valence-corrected chi connectivity index (χ3v) is 5.07. The summed E-state index contributed by atoms with van der Waals surface area (Å²) in [4.78, 5) is 15.6. The second-order valence-corrected chi connectivity index (χ2v) is 6.23. The summed E-state index contributed by atoms with van der Waals surface area (Å²) in [7, 11) is 3.70. The number of hydrogen-bond acceptors (Lipinski definition) is 7. The molecule has 1 N–H and O–H groups in total. The SMILES string of the molecule is CCc1cc2c(Sc3ncnn3C)nc(NC)nc2s1. The maximum Gasteiger partial charge on any atom is 0.224 e. The van der Waals surface area contributed by atoms with E-state index >= 15 is 0 Å². The second-order valence-electron chi connectivity index (χ2n) is 4.16. The summed E-state index contributed by atoms with van der Waals surface area (Å²) in [6.07, 6.45) is 2.55. The Bertz CT molecular complexity index is 748. The molecule has 0 amide bonds. The van der Waals surface area contributed by atoms with Crippen LogP contribution in [0.1, 0.15) is 11.8 Å². The van der Waals surface area contributed by atoms with Crippen molar-refractivity contribution in [1.29, 1.82) is 0 Å². The fourth-order valence-electron chi connectivity index (χ4n) is 1.77. The quantitative estimate of drug-likeness (QED) is 0.747. The molecule has 3 heterocycles. The van der Waals surface area contributed by atoms with Gasteiger partial charge in [-0.3, -0.25) is 0 Å². The molecule has 0 aliphatic rings. The molecule has 0 bridgehead atoms. The van der Waals surface area contributed by atoms with Crippen LogP contribution in [-0.4, -0.2) is 31.8 Å². The van der Waals surface area contributed by atoms with Crippen LogP contribution in [0.3, 0.4) is 0 Å². The average Bonchev–Trinajstić information content (AvgIpc) is 3.05. The molecule has 104 valence electrons. The van der Waals surface area contributed by atoms with E-state index < -0.39 is 0 Å². The van der Waals surface area contributed by atoms with Crippen molar-refractivity contribution < 1.29 is 0 Å². The van der Waals surface area contributed by atoms with Crippen molar-refractivity contribution in [2.75, 3.05) is 12.4 Å². The zero-order chi connectivity index (χ0) is 14.1. The van der Waals surface area contributed by atoms with Crippen LogP contribution in [0.25, 0.3) is 10.2 Å². The Labute approximate surface area is 124 Å². The Morgan fingerprint density at radius 1 is 1.40 bits per heavy atom. The lowest BCUT2D eigenvalue weighted by Gasteiger charge is -2.04. The first-order valence-electron chi connectivity index (χ1n) is 6.21. The number of aryl methyl sites for hydroxylation is 2. The van der Waals surface area contributed by atoms with E-state index in [1.165, 1.54) is 16.6 Å². The number of fused-ring (bicyclic) bond motifs is 1. The molecule has 3 rings (SSSR count). The third-order valence-electron chi connectivity index (χ3n) is 2.84. The van der Waals surface area contributed by atoms with Crippen molar-refractivity contribution in [3.63, 3.8) is 0 Å². The number of nitrogens with zero attached hydrogens (tertiary/aromatic N) is 5. The van der Waals surface area contributed by atoms with Crippen LogP contribution in [0, 0.1) is 0 Å². The lowest BCUT2D eigenvalue weighted by molar-refractivity contribution is 0.685. The molecule has 20 heavy (non-hydrogen) atoms. The van der Waals surface area contributed by atoms with E-state index in [2.05, 4.69) is 38.4 Å². The summed E-state index contributed by atoms with van der Waals surface area (Å²) < 4.78 is 1.74. The van der Waals surface area contributed by atoms with Crippen molar-refractivity contribution in [1.82, 2.24) is 24.7 Å². The van der Waals surface area contributed by atoms with E-state index in [9.17, 15) is 0 Å². The first-order valence-corrected chi connectivity index (χ1v) is 7.84. The van der Waals surface area contributed by atoms with Crippen molar-refractivity contribution in [3.05, 3.63) is 17.3 Å². The minimum atomic E-state index is 0.631. The van der Waals surface area contributed by atoms with Crippen LogP contribution in [0.4, 0.5) is 5.95 Å². The van der Waals surface area contributed by atoms with Gasteiger partial charge in [0, 0.05) is 24.4 Å². The van der Waals surface area contributed by atoms with Gasteiger partial charge in [0.05, 0.1) is 0 Å². The van der Waals surface area contributed by atoms with E-state index in [0.29, 0.717) is 5.95 Å². The van der Waals surface area contributed by atoms with Gasteiger partial charge in [-0.2, -0.15) is 5.10 Å². The zero-order valence-electron chi connectivity index (χ0n) is 11.4. The summed E-state index contributed by atoms with van der Waals surface area (Å²) in [5.41, 5.74) is 0. The van der Waals surface area contributed by atoms with Crippen LogP contribution < -0.4 is 5.32 Å². The van der Waals surface area contributed by atoms with Crippen molar-refractivity contribution in [2.45, 2.75) is 23.5 Å². The molecule has 6 nitrogen and oxygen atoms in total. The van der Waals surface area contributed by atoms with E-state index in [-0.39, 0.29) is 0 Å². The van der Waals surface area contributed by atoms with Gasteiger partial charge in [-0.1, -0.05) is 6.92 Å². The first-order chi connectivity index (χ1) is 9.71. The van der Waals surface area contributed by atoms with Crippen LogP contribution in [0.2, 0.25) is 0 Å². The van der Waals surface area contributed by atoms with Gasteiger partial charge in [-0.25, -0.2) is 19.6 Å². The molecule has 3 aromatic heterocycles. The van der Waals surface area contributed by atoms with Crippen molar-refractivity contribution >= 4 is 39.3 Å². The van der Waals surface area contributed by atoms with Gasteiger partial charge in [0.2, 0.25) is 5.95 Å². The average molecular weight is 306 g/mol.